The van der Waals surface area contributed by atoms with Crippen molar-refractivity contribution < 1.29 is 18.7 Å². The highest BCUT2D eigenvalue weighted by Gasteiger charge is 2.20. The number of halogens is 1. The molecular weight excluding hydrogens is 431 g/mol. The van der Waals surface area contributed by atoms with Crippen LogP contribution in [0.15, 0.2) is 53.7 Å². The van der Waals surface area contributed by atoms with E-state index in [9.17, 15) is 9.18 Å². The number of aromatic nitrogens is 3. The molecule has 3 aromatic rings. The van der Waals surface area contributed by atoms with Gasteiger partial charge in [0.1, 0.15) is 11.6 Å². The molecule has 1 saturated heterocycles. The zero-order valence-electron chi connectivity index (χ0n) is 17.8. The van der Waals surface area contributed by atoms with Crippen LogP contribution in [0.1, 0.15) is 19.8 Å². The van der Waals surface area contributed by atoms with Gasteiger partial charge in [-0.25, -0.2) is 4.39 Å². The summed E-state index contributed by atoms with van der Waals surface area (Å²) in [5, 5.41) is 11.9. The van der Waals surface area contributed by atoms with Gasteiger partial charge in [0.15, 0.2) is 11.0 Å². The molecule has 4 rings (SSSR count). The maximum absolute atomic E-state index is 14.7. The van der Waals surface area contributed by atoms with E-state index in [1.54, 1.807) is 22.8 Å². The van der Waals surface area contributed by atoms with Gasteiger partial charge in [-0.3, -0.25) is 9.36 Å². The Hall–Kier alpha value is -2.91. The lowest BCUT2D eigenvalue weighted by atomic mass is 10.2. The van der Waals surface area contributed by atoms with Crippen molar-refractivity contribution >= 4 is 17.7 Å². The Kier molecular flexibility index (Phi) is 7.39. The number of rotatable bonds is 9. The van der Waals surface area contributed by atoms with Gasteiger partial charge in [-0.2, -0.15) is 0 Å². The maximum Gasteiger partial charge on any atom is 0.230 e. The first-order valence-corrected chi connectivity index (χ1v) is 11.6. The van der Waals surface area contributed by atoms with Crippen LogP contribution in [0, 0.1) is 5.82 Å². The van der Waals surface area contributed by atoms with Gasteiger partial charge in [-0.05, 0) is 56.2 Å². The average Bonchev–Trinajstić information content (AvgIpc) is 3.47. The first-order chi connectivity index (χ1) is 15.7. The molecule has 1 amide bonds. The van der Waals surface area contributed by atoms with Crippen LogP contribution >= 0.6 is 11.8 Å². The molecule has 7 nitrogen and oxygen atoms in total. The fourth-order valence-electron chi connectivity index (χ4n) is 3.48. The second-order valence-electron chi connectivity index (χ2n) is 7.28. The SMILES string of the molecule is CCOc1ccc(-c2nnc(SCC(=O)NCC3CCCO3)n2-c2ccccc2F)cc1. The third-order valence-electron chi connectivity index (χ3n) is 5.03. The minimum Gasteiger partial charge on any atom is -0.494 e. The third kappa shape index (κ3) is 5.28. The number of carbonyl (C=O) groups excluding carboxylic acids is 1. The van der Waals surface area contributed by atoms with Crippen LogP contribution in [0.25, 0.3) is 17.1 Å². The van der Waals surface area contributed by atoms with Crippen molar-refractivity contribution in [3.05, 3.63) is 54.3 Å². The normalized spacial score (nSPS) is 15.6. The van der Waals surface area contributed by atoms with Crippen LogP contribution in [0.5, 0.6) is 5.75 Å². The van der Waals surface area contributed by atoms with Crippen molar-refractivity contribution in [1.82, 2.24) is 20.1 Å². The summed E-state index contributed by atoms with van der Waals surface area (Å²) in [7, 11) is 0. The molecule has 1 unspecified atom stereocenters. The van der Waals surface area contributed by atoms with Gasteiger partial charge in [0.25, 0.3) is 0 Å². The smallest absolute Gasteiger partial charge is 0.230 e. The summed E-state index contributed by atoms with van der Waals surface area (Å²) in [6.45, 7) is 3.73. The summed E-state index contributed by atoms with van der Waals surface area (Å²) in [5.41, 5.74) is 1.09. The highest BCUT2D eigenvalue weighted by molar-refractivity contribution is 7.99. The van der Waals surface area contributed by atoms with E-state index in [-0.39, 0.29) is 17.8 Å². The summed E-state index contributed by atoms with van der Waals surface area (Å²) < 4.78 is 27.4. The summed E-state index contributed by atoms with van der Waals surface area (Å²) in [5.74, 6) is 0.842. The molecule has 1 fully saturated rings. The van der Waals surface area contributed by atoms with Crippen LogP contribution in [0.4, 0.5) is 4.39 Å². The first kappa shape index (κ1) is 22.3. The summed E-state index contributed by atoms with van der Waals surface area (Å²) in [6.07, 6.45) is 2.06. The quantitative estimate of drug-likeness (QED) is 0.493. The van der Waals surface area contributed by atoms with E-state index >= 15 is 0 Å². The Morgan fingerprint density at radius 3 is 2.78 bits per heavy atom. The highest BCUT2D eigenvalue weighted by Crippen LogP contribution is 2.30. The number of benzene rings is 2. The molecule has 32 heavy (non-hydrogen) atoms. The second-order valence-corrected chi connectivity index (χ2v) is 8.22. The van der Waals surface area contributed by atoms with E-state index in [2.05, 4.69) is 15.5 Å². The predicted octanol–water partition coefficient (Wildman–Crippen LogP) is 3.86. The Morgan fingerprint density at radius 2 is 2.06 bits per heavy atom. The van der Waals surface area contributed by atoms with Gasteiger partial charge < -0.3 is 14.8 Å². The van der Waals surface area contributed by atoms with Crippen molar-refractivity contribution in [2.45, 2.75) is 31.0 Å². The lowest BCUT2D eigenvalue weighted by Gasteiger charge is -2.12. The number of para-hydroxylation sites is 1. The first-order valence-electron chi connectivity index (χ1n) is 10.6. The third-order valence-corrected chi connectivity index (χ3v) is 5.96. The van der Waals surface area contributed by atoms with Crippen LogP contribution in [0.2, 0.25) is 0 Å². The summed E-state index contributed by atoms with van der Waals surface area (Å²) in [4.78, 5) is 12.3. The minimum absolute atomic E-state index is 0.0808. The summed E-state index contributed by atoms with van der Waals surface area (Å²) in [6, 6.07) is 13.8. The van der Waals surface area contributed by atoms with Crippen molar-refractivity contribution in [3.8, 4) is 22.8 Å². The van der Waals surface area contributed by atoms with E-state index in [1.165, 1.54) is 17.8 Å². The lowest BCUT2D eigenvalue weighted by molar-refractivity contribution is -0.119. The second kappa shape index (κ2) is 10.6. The molecule has 0 saturated carbocycles. The molecule has 0 aliphatic carbocycles. The molecule has 168 valence electrons. The van der Waals surface area contributed by atoms with Crippen molar-refractivity contribution in [2.24, 2.45) is 0 Å². The van der Waals surface area contributed by atoms with E-state index in [0.29, 0.717) is 29.8 Å². The van der Waals surface area contributed by atoms with Crippen molar-refractivity contribution in [1.29, 1.82) is 0 Å². The topological polar surface area (TPSA) is 78.3 Å². The van der Waals surface area contributed by atoms with Gasteiger partial charge in [-0.1, -0.05) is 23.9 Å². The largest absolute Gasteiger partial charge is 0.494 e. The molecule has 0 spiro atoms. The fourth-order valence-corrected chi connectivity index (χ4v) is 4.26. The van der Waals surface area contributed by atoms with Crippen LogP contribution in [0.3, 0.4) is 0 Å². The minimum atomic E-state index is -0.399. The Balaban J connectivity index is 1.55. The standard InChI is InChI=1S/C23H25FN4O3S/c1-2-30-17-11-9-16(10-12-17)22-26-27-23(28(22)20-8-4-3-7-19(20)24)32-15-21(29)25-14-18-6-5-13-31-18/h3-4,7-12,18H,2,5-6,13-15H2,1H3,(H,25,29). The monoisotopic (exact) mass is 456 g/mol. The van der Waals surface area contributed by atoms with E-state index in [0.717, 1.165) is 30.8 Å². The summed E-state index contributed by atoms with van der Waals surface area (Å²) >= 11 is 1.21. The number of ether oxygens (including phenoxy) is 2. The van der Waals surface area contributed by atoms with Gasteiger partial charge in [0, 0.05) is 18.7 Å². The molecular formula is C23H25FN4O3S. The van der Waals surface area contributed by atoms with Crippen molar-refractivity contribution in [3.63, 3.8) is 0 Å². The molecule has 1 atom stereocenters. The Bertz CT molecular complexity index is 1050. The van der Waals surface area contributed by atoms with Crippen LogP contribution in [-0.4, -0.2) is 52.3 Å². The number of amides is 1. The lowest BCUT2D eigenvalue weighted by Crippen LogP contribution is -2.32. The van der Waals surface area contributed by atoms with Gasteiger partial charge in [-0.15, -0.1) is 10.2 Å². The molecule has 2 aromatic carbocycles. The maximum atomic E-state index is 14.7. The van der Waals surface area contributed by atoms with E-state index in [1.807, 2.05) is 31.2 Å². The Morgan fingerprint density at radius 1 is 1.25 bits per heavy atom. The number of thioether (sulfide) groups is 1. The molecule has 2 heterocycles. The molecule has 1 aliphatic heterocycles. The molecule has 0 bridgehead atoms. The molecule has 9 heteroatoms. The van der Waals surface area contributed by atoms with Crippen LogP contribution in [-0.2, 0) is 9.53 Å². The van der Waals surface area contributed by atoms with Crippen molar-refractivity contribution in [2.75, 3.05) is 25.5 Å². The number of nitrogens with zero attached hydrogens (tertiary/aromatic N) is 3. The molecule has 1 N–H and O–H groups in total. The number of carbonyl (C=O) groups is 1. The highest BCUT2D eigenvalue weighted by atomic mass is 32.2. The number of hydrogen-bond acceptors (Lipinski definition) is 6. The van der Waals surface area contributed by atoms with Gasteiger partial charge in [0.05, 0.1) is 24.2 Å². The zero-order chi connectivity index (χ0) is 22.3. The fraction of sp³-hybridized carbons (Fsp3) is 0.348. The van der Waals surface area contributed by atoms with Gasteiger partial charge >= 0.3 is 0 Å². The molecule has 1 aromatic heterocycles. The zero-order valence-corrected chi connectivity index (χ0v) is 18.6. The van der Waals surface area contributed by atoms with E-state index < -0.39 is 5.82 Å². The molecule has 1 aliphatic rings. The Labute approximate surface area is 190 Å². The molecule has 0 radical (unpaired) electrons. The van der Waals surface area contributed by atoms with Gasteiger partial charge in [0.2, 0.25) is 5.91 Å². The average molecular weight is 457 g/mol. The number of hydrogen-bond donors (Lipinski definition) is 1. The van der Waals surface area contributed by atoms with E-state index in [4.69, 9.17) is 9.47 Å². The number of nitrogens with one attached hydrogen (secondary N) is 1. The van der Waals surface area contributed by atoms with Crippen LogP contribution < -0.4 is 10.1 Å². The predicted molar refractivity (Wildman–Crippen MR) is 121 cm³/mol.